The van der Waals surface area contributed by atoms with E-state index in [2.05, 4.69) is 12.2 Å². The molecular formula is C15H22N2O2. The maximum absolute atomic E-state index is 12.7. The summed E-state index contributed by atoms with van der Waals surface area (Å²) < 4.78 is 5.37. The predicted octanol–water partition coefficient (Wildman–Crippen LogP) is 2.19. The number of para-hydroxylation sites is 2. The first-order chi connectivity index (χ1) is 8.95. The molecule has 104 valence electrons. The Morgan fingerprint density at radius 2 is 2.05 bits per heavy atom. The Bertz CT molecular complexity index is 471. The zero-order valence-electron chi connectivity index (χ0n) is 12.1. The van der Waals surface area contributed by atoms with Crippen molar-refractivity contribution in [3.8, 4) is 5.75 Å². The van der Waals surface area contributed by atoms with Gasteiger partial charge in [-0.1, -0.05) is 12.1 Å². The number of rotatable bonds is 2. The fourth-order valence-corrected chi connectivity index (χ4v) is 2.59. The summed E-state index contributed by atoms with van der Waals surface area (Å²) >= 11 is 0. The Hall–Kier alpha value is -1.55. The first-order valence-corrected chi connectivity index (χ1v) is 6.68. The molecule has 19 heavy (non-hydrogen) atoms. The first kappa shape index (κ1) is 13.9. The topological polar surface area (TPSA) is 41.6 Å². The van der Waals surface area contributed by atoms with Gasteiger partial charge in [-0.3, -0.25) is 4.79 Å². The largest absolute Gasteiger partial charge is 0.495 e. The number of methoxy groups -OCH3 is 1. The molecule has 0 saturated carbocycles. The summed E-state index contributed by atoms with van der Waals surface area (Å²) in [6, 6.07) is 7.98. The second-order valence-electron chi connectivity index (χ2n) is 5.59. The van der Waals surface area contributed by atoms with Crippen LogP contribution < -0.4 is 15.0 Å². The summed E-state index contributed by atoms with van der Waals surface area (Å²) in [6.07, 6.45) is 0.924. The maximum atomic E-state index is 12.7. The summed E-state index contributed by atoms with van der Waals surface area (Å²) in [5, 5.41) is 3.37. The lowest BCUT2D eigenvalue weighted by molar-refractivity contribution is -0.123. The number of nitrogens with one attached hydrogen (secondary N) is 1. The second kappa shape index (κ2) is 5.21. The van der Waals surface area contributed by atoms with Crippen molar-refractivity contribution >= 4 is 11.6 Å². The van der Waals surface area contributed by atoms with Crippen LogP contribution in [0.4, 0.5) is 5.69 Å². The molecule has 1 heterocycles. The van der Waals surface area contributed by atoms with Gasteiger partial charge in [0, 0.05) is 12.6 Å². The van der Waals surface area contributed by atoms with Gasteiger partial charge in [0.05, 0.1) is 18.3 Å². The predicted molar refractivity (Wildman–Crippen MR) is 76.6 cm³/mol. The Balaban J connectivity index is 2.40. The molecule has 1 aromatic rings. The van der Waals surface area contributed by atoms with Gasteiger partial charge < -0.3 is 15.0 Å². The molecule has 1 unspecified atom stereocenters. The summed E-state index contributed by atoms with van der Waals surface area (Å²) in [7, 11) is 1.63. The van der Waals surface area contributed by atoms with Crippen molar-refractivity contribution in [1.82, 2.24) is 5.32 Å². The van der Waals surface area contributed by atoms with Crippen LogP contribution in [0.3, 0.4) is 0 Å². The molecule has 1 aliphatic rings. The molecule has 0 bridgehead atoms. The van der Waals surface area contributed by atoms with E-state index in [1.165, 1.54) is 0 Å². The van der Waals surface area contributed by atoms with Crippen molar-refractivity contribution in [2.75, 3.05) is 18.6 Å². The van der Waals surface area contributed by atoms with Crippen LogP contribution in [0.5, 0.6) is 5.75 Å². The zero-order valence-corrected chi connectivity index (χ0v) is 12.1. The second-order valence-corrected chi connectivity index (χ2v) is 5.59. The number of benzene rings is 1. The van der Waals surface area contributed by atoms with E-state index in [0.29, 0.717) is 12.6 Å². The van der Waals surface area contributed by atoms with Gasteiger partial charge in [-0.2, -0.15) is 0 Å². The van der Waals surface area contributed by atoms with E-state index in [1.54, 1.807) is 7.11 Å². The summed E-state index contributed by atoms with van der Waals surface area (Å²) in [5.74, 6) is 0.822. The number of hydrogen-bond donors (Lipinski definition) is 1. The first-order valence-electron chi connectivity index (χ1n) is 6.68. The van der Waals surface area contributed by atoms with Gasteiger partial charge in [-0.15, -0.1) is 0 Å². The van der Waals surface area contributed by atoms with Crippen molar-refractivity contribution in [2.24, 2.45) is 0 Å². The average molecular weight is 262 g/mol. The number of nitrogens with zero attached hydrogens (tertiary/aromatic N) is 1. The molecule has 0 radical (unpaired) electrons. The van der Waals surface area contributed by atoms with Gasteiger partial charge in [-0.25, -0.2) is 0 Å². The molecule has 1 aromatic carbocycles. The van der Waals surface area contributed by atoms with E-state index < -0.39 is 5.54 Å². The molecule has 0 aliphatic carbocycles. The Morgan fingerprint density at radius 1 is 1.37 bits per heavy atom. The van der Waals surface area contributed by atoms with Gasteiger partial charge >= 0.3 is 0 Å². The number of amides is 1. The van der Waals surface area contributed by atoms with Crippen molar-refractivity contribution in [3.05, 3.63) is 24.3 Å². The lowest BCUT2D eigenvalue weighted by atomic mass is 10.0. The van der Waals surface area contributed by atoms with E-state index in [9.17, 15) is 4.79 Å². The molecule has 4 nitrogen and oxygen atoms in total. The SMILES string of the molecule is COc1ccccc1N1CCC(C)NC(C)(C)C1=O. The molecule has 1 saturated heterocycles. The number of carbonyl (C=O) groups is 1. The van der Waals surface area contributed by atoms with Crippen LogP contribution in [-0.2, 0) is 4.79 Å². The van der Waals surface area contributed by atoms with Gasteiger partial charge in [0.2, 0.25) is 5.91 Å². The van der Waals surface area contributed by atoms with Crippen molar-refractivity contribution in [2.45, 2.75) is 38.8 Å². The van der Waals surface area contributed by atoms with E-state index in [-0.39, 0.29) is 5.91 Å². The minimum absolute atomic E-state index is 0.0846. The highest BCUT2D eigenvalue weighted by molar-refractivity contribution is 6.01. The highest BCUT2D eigenvalue weighted by Crippen LogP contribution is 2.31. The fraction of sp³-hybridized carbons (Fsp3) is 0.533. The molecule has 1 fully saturated rings. The number of hydrogen-bond acceptors (Lipinski definition) is 3. The van der Waals surface area contributed by atoms with E-state index in [4.69, 9.17) is 4.74 Å². The Kier molecular flexibility index (Phi) is 3.80. The van der Waals surface area contributed by atoms with Gasteiger partial charge in [0.1, 0.15) is 5.75 Å². The molecule has 0 aromatic heterocycles. The van der Waals surface area contributed by atoms with Gasteiger partial charge in [-0.05, 0) is 39.3 Å². The molecule has 2 rings (SSSR count). The maximum Gasteiger partial charge on any atom is 0.246 e. The minimum Gasteiger partial charge on any atom is -0.495 e. The number of ether oxygens (including phenoxy) is 1. The summed E-state index contributed by atoms with van der Waals surface area (Å²) in [5.41, 5.74) is 0.288. The molecule has 1 N–H and O–H groups in total. The normalized spacial score (nSPS) is 23.1. The van der Waals surface area contributed by atoms with Crippen LogP contribution in [0.2, 0.25) is 0 Å². The average Bonchev–Trinajstić information content (AvgIpc) is 2.47. The van der Waals surface area contributed by atoms with Gasteiger partial charge in [0.25, 0.3) is 0 Å². The fourth-order valence-electron chi connectivity index (χ4n) is 2.59. The van der Waals surface area contributed by atoms with Crippen LogP contribution >= 0.6 is 0 Å². The molecule has 4 heteroatoms. The van der Waals surface area contributed by atoms with E-state index >= 15 is 0 Å². The molecule has 1 amide bonds. The third kappa shape index (κ3) is 2.73. The standard InChI is InChI=1S/C15H22N2O2/c1-11-9-10-17(14(18)15(2,3)16-11)12-7-5-6-8-13(12)19-4/h5-8,11,16H,9-10H2,1-4H3. The quantitative estimate of drug-likeness (QED) is 0.888. The lowest BCUT2D eigenvalue weighted by Gasteiger charge is -2.30. The Labute approximate surface area is 114 Å². The number of carbonyl (C=O) groups excluding carboxylic acids is 1. The van der Waals surface area contributed by atoms with Crippen LogP contribution in [0.25, 0.3) is 0 Å². The molecule has 1 atom stereocenters. The lowest BCUT2D eigenvalue weighted by Crippen LogP contribution is -2.53. The molecular weight excluding hydrogens is 240 g/mol. The van der Waals surface area contributed by atoms with Crippen molar-refractivity contribution < 1.29 is 9.53 Å². The highest BCUT2D eigenvalue weighted by Gasteiger charge is 2.37. The summed E-state index contributed by atoms with van der Waals surface area (Å²) in [4.78, 5) is 14.5. The van der Waals surface area contributed by atoms with E-state index in [0.717, 1.165) is 17.9 Å². The van der Waals surface area contributed by atoms with Crippen molar-refractivity contribution in [3.63, 3.8) is 0 Å². The summed E-state index contributed by atoms with van der Waals surface area (Å²) in [6.45, 7) is 6.68. The zero-order chi connectivity index (χ0) is 14.0. The van der Waals surface area contributed by atoms with Crippen LogP contribution in [-0.4, -0.2) is 31.1 Å². The smallest absolute Gasteiger partial charge is 0.246 e. The molecule has 1 aliphatic heterocycles. The van der Waals surface area contributed by atoms with Crippen LogP contribution in [0, 0.1) is 0 Å². The third-order valence-corrected chi connectivity index (χ3v) is 3.55. The minimum atomic E-state index is -0.559. The van der Waals surface area contributed by atoms with Crippen LogP contribution in [0.1, 0.15) is 27.2 Å². The van der Waals surface area contributed by atoms with Gasteiger partial charge in [0.15, 0.2) is 0 Å². The highest BCUT2D eigenvalue weighted by atomic mass is 16.5. The monoisotopic (exact) mass is 262 g/mol. The molecule has 0 spiro atoms. The van der Waals surface area contributed by atoms with E-state index in [1.807, 2.05) is 43.0 Å². The third-order valence-electron chi connectivity index (χ3n) is 3.55. The Morgan fingerprint density at radius 3 is 2.74 bits per heavy atom. The van der Waals surface area contributed by atoms with Crippen molar-refractivity contribution in [1.29, 1.82) is 0 Å². The number of anilines is 1. The van der Waals surface area contributed by atoms with Crippen LogP contribution in [0.15, 0.2) is 24.3 Å².